The number of carbonyl (C=O) groups excluding carboxylic acids is 2. The maximum atomic E-state index is 12.2. The van der Waals surface area contributed by atoms with Crippen LogP contribution < -0.4 is 9.47 Å². The average molecular weight is 434 g/mol. The third kappa shape index (κ3) is 4.09. The van der Waals surface area contributed by atoms with Crippen LogP contribution in [0.3, 0.4) is 0 Å². The number of carbonyl (C=O) groups is 2. The Morgan fingerprint density at radius 1 is 0.692 bits per heavy atom. The first kappa shape index (κ1) is 19.3. The van der Waals surface area contributed by atoms with Crippen LogP contribution in [0.1, 0.15) is 12.8 Å². The Morgan fingerprint density at radius 2 is 1.00 bits per heavy atom. The van der Waals surface area contributed by atoms with Crippen molar-refractivity contribution in [3.05, 3.63) is 56.5 Å². The maximum Gasteiger partial charge on any atom is 0.314 e. The highest BCUT2D eigenvalue weighted by Crippen LogP contribution is 2.40. The van der Waals surface area contributed by atoms with E-state index in [4.69, 9.17) is 55.9 Å². The molecule has 0 saturated heterocycles. The minimum Gasteiger partial charge on any atom is -0.423 e. The molecular weight excluding hydrogens is 422 g/mol. The molecule has 0 aromatic heterocycles. The zero-order chi connectivity index (χ0) is 18.8. The molecule has 2 aromatic rings. The van der Waals surface area contributed by atoms with E-state index in [1.807, 2.05) is 0 Å². The van der Waals surface area contributed by atoms with Gasteiger partial charge >= 0.3 is 11.9 Å². The van der Waals surface area contributed by atoms with Crippen molar-refractivity contribution in [3.8, 4) is 11.5 Å². The summed E-state index contributed by atoms with van der Waals surface area (Å²) in [4.78, 5) is 24.4. The van der Waals surface area contributed by atoms with Crippen molar-refractivity contribution in [1.29, 1.82) is 0 Å². The summed E-state index contributed by atoms with van der Waals surface area (Å²) in [6, 6.07) is 9.60. The van der Waals surface area contributed by atoms with Crippen LogP contribution in [-0.4, -0.2) is 11.9 Å². The molecule has 1 aliphatic rings. The highest BCUT2D eigenvalue weighted by atomic mass is 35.5. The molecule has 136 valence electrons. The first-order valence-corrected chi connectivity index (χ1v) is 9.19. The fourth-order valence-corrected chi connectivity index (χ4v) is 3.48. The normalized spacial score (nSPS) is 18.8. The monoisotopic (exact) mass is 432 g/mol. The predicted molar refractivity (Wildman–Crippen MR) is 100 cm³/mol. The number of esters is 2. The van der Waals surface area contributed by atoms with Gasteiger partial charge in [0.25, 0.3) is 0 Å². The molecule has 0 atom stereocenters. The van der Waals surface area contributed by atoms with Gasteiger partial charge in [-0.05, 0) is 37.1 Å². The summed E-state index contributed by atoms with van der Waals surface area (Å²) in [5, 5.41) is 0.980. The SMILES string of the molecule is O=C(Oc1c(Cl)cccc1Cl)C1CC(C(=O)Oc2c(Cl)cccc2Cl)C1. The van der Waals surface area contributed by atoms with Crippen molar-refractivity contribution in [2.24, 2.45) is 11.8 Å². The standard InChI is InChI=1S/C18H12Cl4O4/c19-11-3-1-4-12(20)15(11)25-17(23)9-7-10(8-9)18(24)26-16-13(21)5-2-6-14(16)22/h1-6,9-10H,7-8H2. The van der Waals surface area contributed by atoms with E-state index in [0.717, 1.165) is 0 Å². The topological polar surface area (TPSA) is 52.6 Å². The number of hydrogen-bond donors (Lipinski definition) is 0. The molecule has 0 aliphatic heterocycles. The lowest BCUT2D eigenvalue weighted by Crippen LogP contribution is -2.39. The van der Waals surface area contributed by atoms with Gasteiger partial charge in [-0.1, -0.05) is 58.5 Å². The number of rotatable bonds is 4. The van der Waals surface area contributed by atoms with E-state index in [1.165, 1.54) is 0 Å². The molecule has 0 amide bonds. The minimum absolute atomic E-state index is 0.120. The summed E-state index contributed by atoms with van der Waals surface area (Å²) in [5.41, 5.74) is 0. The molecule has 2 aromatic carbocycles. The Balaban J connectivity index is 1.57. The zero-order valence-corrected chi connectivity index (χ0v) is 16.2. The third-order valence-electron chi connectivity index (χ3n) is 4.05. The second kappa shape index (κ2) is 8.05. The minimum atomic E-state index is -0.486. The van der Waals surface area contributed by atoms with Gasteiger partial charge in [-0.25, -0.2) is 0 Å². The van der Waals surface area contributed by atoms with Gasteiger partial charge < -0.3 is 9.47 Å². The van der Waals surface area contributed by atoms with E-state index >= 15 is 0 Å². The van der Waals surface area contributed by atoms with E-state index in [1.54, 1.807) is 36.4 Å². The average Bonchev–Trinajstić information content (AvgIpc) is 2.53. The quantitative estimate of drug-likeness (QED) is 0.449. The molecule has 3 rings (SSSR count). The van der Waals surface area contributed by atoms with E-state index in [9.17, 15) is 9.59 Å². The van der Waals surface area contributed by atoms with Gasteiger partial charge in [0.2, 0.25) is 0 Å². The Labute approximate surface area is 169 Å². The van der Waals surface area contributed by atoms with E-state index in [-0.39, 0.29) is 31.6 Å². The smallest absolute Gasteiger partial charge is 0.314 e. The molecule has 0 heterocycles. The van der Waals surface area contributed by atoms with E-state index in [0.29, 0.717) is 12.8 Å². The molecule has 1 fully saturated rings. The molecule has 0 bridgehead atoms. The summed E-state index contributed by atoms with van der Waals surface area (Å²) in [6.07, 6.45) is 0.615. The summed E-state index contributed by atoms with van der Waals surface area (Å²) in [5.74, 6) is -1.59. The fraction of sp³-hybridized carbons (Fsp3) is 0.222. The molecule has 0 N–H and O–H groups in total. The Hall–Kier alpha value is -1.46. The van der Waals surface area contributed by atoms with Gasteiger partial charge in [0.05, 0.1) is 31.9 Å². The molecule has 8 heteroatoms. The van der Waals surface area contributed by atoms with E-state index in [2.05, 4.69) is 0 Å². The van der Waals surface area contributed by atoms with Crippen LogP contribution in [0.5, 0.6) is 11.5 Å². The molecule has 0 spiro atoms. The Morgan fingerprint density at radius 3 is 1.31 bits per heavy atom. The maximum absolute atomic E-state index is 12.2. The molecule has 1 saturated carbocycles. The van der Waals surface area contributed by atoms with Crippen LogP contribution in [0.2, 0.25) is 20.1 Å². The first-order chi connectivity index (χ1) is 12.4. The second-order valence-electron chi connectivity index (χ2n) is 5.81. The predicted octanol–water partition coefficient (Wildman–Crippen LogP) is 5.84. The van der Waals surface area contributed by atoms with Crippen LogP contribution in [0.25, 0.3) is 0 Å². The van der Waals surface area contributed by atoms with Crippen LogP contribution >= 0.6 is 46.4 Å². The first-order valence-electron chi connectivity index (χ1n) is 7.68. The van der Waals surface area contributed by atoms with Gasteiger partial charge in [0.1, 0.15) is 0 Å². The number of benzene rings is 2. The van der Waals surface area contributed by atoms with Gasteiger partial charge in [0, 0.05) is 0 Å². The molecule has 0 radical (unpaired) electrons. The van der Waals surface area contributed by atoms with Crippen molar-refractivity contribution >= 4 is 58.3 Å². The summed E-state index contributed by atoms with van der Waals surface area (Å²) in [7, 11) is 0. The largest absolute Gasteiger partial charge is 0.423 e. The number of halogens is 4. The highest BCUT2D eigenvalue weighted by Gasteiger charge is 2.41. The number of hydrogen-bond acceptors (Lipinski definition) is 4. The summed E-state index contributed by atoms with van der Waals surface area (Å²) >= 11 is 23.9. The number of para-hydroxylation sites is 2. The van der Waals surface area contributed by atoms with Crippen molar-refractivity contribution in [2.75, 3.05) is 0 Å². The van der Waals surface area contributed by atoms with Crippen molar-refractivity contribution < 1.29 is 19.1 Å². The van der Waals surface area contributed by atoms with Gasteiger partial charge in [-0.3, -0.25) is 9.59 Å². The number of ether oxygens (including phenoxy) is 2. The van der Waals surface area contributed by atoms with Crippen LogP contribution in [0.4, 0.5) is 0 Å². The summed E-state index contributed by atoms with van der Waals surface area (Å²) < 4.78 is 10.5. The van der Waals surface area contributed by atoms with Crippen LogP contribution in [-0.2, 0) is 9.59 Å². The zero-order valence-electron chi connectivity index (χ0n) is 13.2. The lowest BCUT2D eigenvalue weighted by molar-refractivity contribution is -0.151. The van der Waals surface area contributed by atoms with Gasteiger partial charge in [-0.2, -0.15) is 0 Å². The highest BCUT2D eigenvalue weighted by molar-refractivity contribution is 6.37. The molecule has 4 nitrogen and oxygen atoms in total. The van der Waals surface area contributed by atoms with Crippen molar-refractivity contribution in [3.63, 3.8) is 0 Å². The fourth-order valence-electron chi connectivity index (χ4n) is 2.53. The molecule has 26 heavy (non-hydrogen) atoms. The lowest BCUT2D eigenvalue weighted by atomic mass is 9.75. The molecule has 1 aliphatic carbocycles. The van der Waals surface area contributed by atoms with Crippen molar-refractivity contribution in [1.82, 2.24) is 0 Å². The Kier molecular flexibility index (Phi) is 5.98. The Bertz CT molecular complexity index is 752. The van der Waals surface area contributed by atoms with Crippen LogP contribution in [0.15, 0.2) is 36.4 Å². The van der Waals surface area contributed by atoms with E-state index < -0.39 is 23.8 Å². The summed E-state index contributed by atoms with van der Waals surface area (Å²) in [6.45, 7) is 0. The van der Waals surface area contributed by atoms with Gasteiger partial charge in [-0.15, -0.1) is 0 Å². The lowest BCUT2D eigenvalue weighted by Gasteiger charge is -2.31. The molecule has 0 unspecified atom stereocenters. The van der Waals surface area contributed by atoms with Crippen LogP contribution in [0, 0.1) is 11.8 Å². The van der Waals surface area contributed by atoms with Gasteiger partial charge in [0.15, 0.2) is 11.5 Å². The molecular formula is C18H12Cl4O4. The third-order valence-corrected chi connectivity index (χ3v) is 5.24. The van der Waals surface area contributed by atoms with Crippen molar-refractivity contribution in [2.45, 2.75) is 12.8 Å². The second-order valence-corrected chi connectivity index (χ2v) is 7.44.